The summed E-state index contributed by atoms with van der Waals surface area (Å²) in [7, 11) is 0. The van der Waals surface area contributed by atoms with Crippen LogP contribution in [0, 0.1) is 5.92 Å². The van der Waals surface area contributed by atoms with Gasteiger partial charge in [0.2, 0.25) is 11.7 Å². The molecule has 0 radical (unpaired) electrons. The molecule has 0 bridgehead atoms. The number of hydrogen-bond acceptors (Lipinski definition) is 6. The largest absolute Gasteiger partial charge is 0.461 e. The van der Waals surface area contributed by atoms with E-state index in [0.717, 1.165) is 0 Å². The van der Waals surface area contributed by atoms with Crippen LogP contribution in [-0.2, 0) is 20.9 Å². The molecule has 138 valence electrons. The molecule has 1 unspecified atom stereocenters. The molecule has 0 saturated carbocycles. The Kier molecular flexibility index (Phi) is 4.68. The number of esters is 1. The van der Waals surface area contributed by atoms with Gasteiger partial charge < -0.3 is 18.6 Å². The summed E-state index contributed by atoms with van der Waals surface area (Å²) in [6.07, 6.45) is 1.64. The molecule has 2 aromatic heterocycles. The molecule has 1 aromatic carbocycles. The molecule has 7 nitrogen and oxygen atoms in total. The summed E-state index contributed by atoms with van der Waals surface area (Å²) < 4.78 is 15.7. The van der Waals surface area contributed by atoms with Crippen molar-refractivity contribution in [2.24, 2.45) is 5.92 Å². The zero-order valence-corrected chi connectivity index (χ0v) is 14.9. The summed E-state index contributed by atoms with van der Waals surface area (Å²) in [6.45, 7) is 0.241. The lowest BCUT2D eigenvalue weighted by atomic mass is 10.1. The van der Waals surface area contributed by atoms with Gasteiger partial charge in [-0.2, -0.15) is 0 Å². The summed E-state index contributed by atoms with van der Waals surface area (Å²) in [6, 6.07) is 12.0. The second-order valence-electron chi connectivity index (χ2n) is 6.15. The average Bonchev–Trinajstić information content (AvgIpc) is 3.41. The quantitative estimate of drug-likeness (QED) is 0.622. The number of benzene rings is 1. The Labute approximate surface area is 159 Å². The van der Waals surface area contributed by atoms with E-state index >= 15 is 0 Å². The Morgan fingerprint density at radius 2 is 2.07 bits per heavy atom. The summed E-state index contributed by atoms with van der Waals surface area (Å²) in [5.74, 6) is -0.0936. The van der Waals surface area contributed by atoms with Gasteiger partial charge in [-0.15, -0.1) is 0 Å². The first-order chi connectivity index (χ1) is 13.1. The van der Waals surface area contributed by atoms with E-state index < -0.39 is 11.9 Å². The molecule has 3 heterocycles. The molecule has 1 aliphatic heterocycles. The minimum Gasteiger partial charge on any atom is -0.461 e. The standard InChI is InChI=1S/C19H15ClN2O5/c20-13-3-5-15(6-4-13)22-10-12(8-18(22)23)19(24)26-11-14-9-17(27-21-14)16-2-1-7-25-16/h1-7,9,12H,8,10-11H2. The Hall–Kier alpha value is -3.06. The SMILES string of the molecule is O=C(OCc1cc(-c2ccco2)on1)C1CC(=O)N(c2ccc(Cl)cc2)C1. The third kappa shape index (κ3) is 3.73. The third-order valence-corrected chi connectivity index (χ3v) is 4.53. The molecule has 1 atom stereocenters. The minimum atomic E-state index is -0.523. The van der Waals surface area contributed by atoms with Gasteiger partial charge in [-0.3, -0.25) is 9.59 Å². The smallest absolute Gasteiger partial charge is 0.311 e. The second-order valence-corrected chi connectivity index (χ2v) is 6.59. The predicted molar refractivity (Wildman–Crippen MR) is 95.9 cm³/mol. The van der Waals surface area contributed by atoms with Crippen LogP contribution in [0.5, 0.6) is 0 Å². The fraction of sp³-hybridized carbons (Fsp3) is 0.211. The molecule has 4 rings (SSSR count). The number of rotatable bonds is 5. The summed E-state index contributed by atoms with van der Waals surface area (Å²) in [5, 5.41) is 4.44. The summed E-state index contributed by atoms with van der Waals surface area (Å²) >= 11 is 5.87. The minimum absolute atomic E-state index is 0.0331. The van der Waals surface area contributed by atoms with Gasteiger partial charge in [-0.05, 0) is 36.4 Å². The molecule has 1 saturated heterocycles. The van der Waals surface area contributed by atoms with E-state index in [4.69, 9.17) is 25.3 Å². The van der Waals surface area contributed by atoms with Crippen LogP contribution in [0.15, 0.2) is 57.7 Å². The van der Waals surface area contributed by atoms with Crippen LogP contribution >= 0.6 is 11.6 Å². The number of amides is 1. The fourth-order valence-corrected chi connectivity index (χ4v) is 3.04. The molecule has 8 heteroatoms. The van der Waals surface area contributed by atoms with Gasteiger partial charge in [0.15, 0.2) is 5.76 Å². The summed E-state index contributed by atoms with van der Waals surface area (Å²) in [4.78, 5) is 26.1. The van der Waals surface area contributed by atoms with Crippen LogP contribution in [0.25, 0.3) is 11.5 Å². The molecular formula is C19H15ClN2O5. The Morgan fingerprint density at radius 1 is 1.26 bits per heavy atom. The number of aromatic nitrogens is 1. The molecule has 1 amide bonds. The number of furan rings is 1. The van der Waals surface area contributed by atoms with Crippen LogP contribution in [0.1, 0.15) is 12.1 Å². The molecule has 3 aromatic rings. The number of carbonyl (C=O) groups excluding carboxylic acids is 2. The molecular weight excluding hydrogens is 372 g/mol. The van der Waals surface area contributed by atoms with E-state index in [1.807, 2.05) is 0 Å². The summed E-state index contributed by atoms with van der Waals surface area (Å²) in [5.41, 5.74) is 1.17. The molecule has 0 spiro atoms. The highest BCUT2D eigenvalue weighted by Gasteiger charge is 2.36. The Morgan fingerprint density at radius 3 is 2.81 bits per heavy atom. The first-order valence-corrected chi connectivity index (χ1v) is 8.70. The van der Waals surface area contributed by atoms with Crippen molar-refractivity contribution in [1.29, 1.82) is 0 Å². The zero-order valence-electron chi connectivity index (χ0n) is 14.1. The molecule has 1 aliphatic rings. The van der Waals surface area contributed by atoms with Crippen molar-refractivity contribution in [1.82, 2.24) is 5.16 Å². The van der Waals surface area contributed by atoms with E-state index in [1.165, 1.54) is 6.26 Å². The van der Waals surface area contributed by atoms with Crippen molar-refractivity contribution in [3.8, 4) is 11.5 Å². The highest BCUT2D eigenvalue weighted by molar-refractivity contribution is 6.30. The average molecular weight is 387 g/mol. The molecule has 0 aliphatic carbocycles. The van der Waals surface area contributed by atoms with Gasteiger partial charge in [0.25, 0.3) is 0 Å². The normalized spacial score (nSPS) is 16.7. The maximum Gasteiger partial charge on any atom is 0.311 e. The van der Waals surface area contributed by atoms with Crippen molar-refractivity contribution < 1.29 is 23.3 Å². The van der Waals surface area contributed by atoms with Gasteiger partial charge in [0.05, 0.1) is 12.2 Å². The van der Waals surface area contributed by atoms with Crippen LogP contribution in [-0.4, -0.2) is 23.6 Å². The van der Waals surface area contributed by atoms with E-state index in [-0.39, 0.29) is 25.5 Å². The number of halogens is 1. The van der Waals surface area contributed by atoms with Gasteiger partial charge in [-0.25, -0.2) is 0 Å². The van der Waals surface area contributed by atoms with Crippen LogP contribution < -0.4 is 4.90 Å². The van der Waals surface area contributed by atoms with Gasteiger partial charge in [0.1, 0.15) is 12.3 Å². The fourth-order valence-electron chi connectivity index (χ4n) is 2.91. The topological polar surface area (TPSA) is 85.8 Å². The Bertz CT molecular complexity index is 949. The number of hydrogen-bond donors (Lipinski definition) is 0. The van der Waals surface area contributed by atoms with E-state index in [1.54, 1.807) is 47.4 Å². The van der Waals surface area contributed by atoms with Crippen molar-refractivity contribution in [2.75, 3.05) is 11.4 Å². The highest BCUT2D eigenvalue weighted by atomic mass is 35.5. The van der Waals surface area contributed by atoms with Gasteiger partial charge >= 0.3 is 5.97 Å². The van der Waals surface area contributed by atoms with E-state index in [0.29, 0.717) is 27.9 Å². The van der Waals surface area contributed by atoms with Crippen molar-refractivity contribution in [3.05, 3.63) is 59.4 Å². The predicted octanol–water partition coefficient (Wildman–Crippen LogP) is 3.68. The van der Waals surface area contributed by atoms with Crippen molar-refractivity contribution >= 4 is 29.2 Å². The molecule has 0 N–H and O–H groups in total. The van der Waals surface area contributed by atoms with Crippen LogP contribution in [0.2, 0.25) is 5.02 Å². The lowest BCUT2D eigenvalue weighted by molar-refractivity contribution is -0.149. The molecule has 1 fully saturated rings. The van der Waals surface area contributed by atoms with Crippen LogP contribution in [0.3, 0.4) is 0 Å². The highest BCUT2D eigenvalue weighted by Crippen LogP contribution is 2.27. The van der Waals surface area contributed by atoms with Gasteiger partial charge in [-0.1, -0.05) is 16.8 Å². The van der Waals surface area contributed by atoms with Crippen molar-refractivity contribution in [3.63, 3.8) is 0 Å². The van der Waals surface area contributed by atoms with Crippen LogP contribution in [0.4, 0.5) is 5.69 Å². The van der Waals surface area contributed by atoms with Gasteiger partial charge in [0, 0.05) is 29.7 Å². The maximum atomic E-state index is 12.3. The first-order valence-electron chi connectivity index (χ1n) is 8.32. The molecule has 27 heavy (non-hydrogen) atoms. The number of nitrogens with zero attached hydrogens (tertiary/aromatic N) is 2. The third-order valence-electron chi connectivity index (χ3n) is 4.28. The van der Waals surface area contributed by atoms with E-state index in [2.05, 4.69) is 5.16 Å². The Balaban J connectivity index is 1.35. The number of ether oxygens (including phenoxy) is 1. The first kappa shape index (κ1) is 17.4. The monoisotopic (exact) mass is 386 g/mol. The number of carbonyl (C=O) groups is 2. The van der Waals surface area contributed by atoms with Crippen molar-refractivity contribution in [2.45, 2.75) is 13.0 Å². The zero-order chi connectivity index (χ0) is 18.8. The lowest BCUT2D eigenvalue weighted by Gasteiger charge is -2.16. The lowest BCUT2D eigenvalue weighted by Crippen LogP contribution is -2.26. The number of anilines is 1. The van der Waals surface area contributed by atoms with E-state index in [9.17, 15) is 9.59 Å². The second kappa shape index (κ2) is 7.28. The maximum absolute atomic E-state index is 12.3.